The molecule has 4 aromatic rings. The van der Waals surface area contributed by atoms with Crippen molar-refractivity contribution in [3.8, 4) is 34.6 Å². The van der Waals surface area contributed by atoms with Crippen LogP contribution in [0.1, 0.15) is 83.4 Å². The number of hydrogen-bond donors (Lipinski definition) is 1. The third kappa shape index (κ3) is 10.3. The number of fused-ring (bicyclic) bond motifs is 8. The van der Waals surface area contributed by atoms with Crippen LogP contribution in [0.25, 0.3) is 33.6 Å². The maximum atomic E-state index is 15.2. The second-order valence-electron chi connectivity index (χ2n) is 21.5. The number of cyclic esters (lactones) is 1. The first-order valence-corrected chi connectivity index (χ1v) is 29.0. The Kier molecular flexibility index (Phi) is 14.5. The second-order valence-corrected chi connectivity index (χ2v) is 27.9. The number of carbonyl (C=O) groups is 4. The van der Waals surface area contributed by atoms with E-state index in [9.17, 15) is 22.8 Å². The molecule has 19 heteroatoms. The third-order valence-electron chi connectivity index (χ3n) is 15.2. The summed E-state index contributed by atoms with van der Waals surface area (Å²) in [5.41, 5.74) is 4.99. The van der Waals surface area contributed by atoms with Gasteiger partial charge in [0.05, 0.1) is 5.69 Å². The summed E-state index contributed by atoms with van der Waals surface area (Å²) in [6.45, 7) is 11.4. The number of halogens is 4. The van der Waals surface area contributed by atoms with Crippen LogP contribution in [0.3, 0.4) is 0 Å². The number of ketones is 1. The normalized spacial score (nSPS) is 23.7. The van der Waals surface area contributed by atoms with Gasteiger partial charge in [0.1, 0.15) is 0 Å². The first kappa shape index (κ1) is 52.0. The van der Waals surface area contributed by atoms with E-state index in [1.54, 1.807) is 48.5 Å². The van der Waals surface area contributed by atoms with Crippen molar-refractivity contribution in [2.75, 3.05) is 62.9 Å². The molecule has 9 rings (SSSR count). The maximum absolute atomic E-state index is 15.2. The molecule has 1 aromatic carbocycles. The van der Waals surface area contributed by atoms with Crippen LogP contribution in [0.5, 0.6) is 0 Å². The van der Waals surface area contributed by atoms with Gasteiger partial charge in [-0.15, -0.1) is 0 Å². The number of ether oxygens (including phenoxy) is 3. The molecule has 4 aliphatic heterocycles. The minimum absolute atomic E-state index is 0.0181. The van der Waals surface area contributed by atoms with Gasteiger partial charge in [-0.25, -0.2) is 0 Å². The van der Waals surface area contributed by atoms with Gasteiger partial charge in [0.15, 0.2) is 0 Å². The van der Waals surface area contributed by atoms with E-state index in [1.165, 1.54) is 15.8 Å². The van der Waals surface area contributed by atoms with Crippen LogP contribution < -0.4 is 5.43 Å². The van der Waals surface area contributed by atoms with Gasteiger partial charge in [-0.2, -0.15) is 13.2 Å². The molecule has 388 valence electrons. The number of alkyl halides is 6. The van der Waals surface area contributed by atoms with Gasteiger partial charge in [-0.1, -0.05) is 0 Å². The van der Waals surface area contributed by atoms with Crippen molar-refractivity contribution in [3.05, 3.63) is 59.7 Å². The number of hydrazine groups is 1. The van der Waals surface area contributed by atoms with Gasteiger partial charge in [0.25, 0.3) is 0 Å². The summed E-state index contributed by atoms with van der Waals surface area (Å²) in [7, 11) is 5.36. The molecule has 3 fully saturated rings. The van der Waals surface area contributed by atoms with E-state index in [1.807, 2.05) is 60.5 Å². The Bertz CT molecular complexity index is 2800. The van der Waals surface area contributed by atoms with Crippen molar-refractivity contribution in [3.63, 3.8) is 0 Å². The Morgan fingerprint density at radius 1 is 1.11 bits per heavy atom. The van der Waals surface area contributed by atoms with E-state index in [0.717, 1.165) is 8.86 Å². The average molecular weight is 1110 g/mol. The van der Waals surface area contributed by atoms with Crippen LogP contribution in [0.2, 0.25) is 0 Å². The topological polar surface area (TPSA) is 162 Å². The molecule has 0 radical (unpaired) electrons. The predicted molar refractivity (Wildman–Crippen MR) is 272 cm³/mol. The SMILES string of the molecule is CO[C@@H]1c2ncccc2-c2c3c4cc(ccc4n2CC(F)(F)F)-c2nc(co2)CC(C(C(=O)[C@@H](COC2CN(C(=O)C#CC(C)(C)N(C)C)C2)C(C)C)I2CC2)C(=O)N2CCC[C@H](N2)C(=O)OCC(C)(C)C31. The van der Waals surface area contributed by atoms with E-state index < -0.39 is 83.3 Å². The Labute approximate surface area is 425 Å². The number of nitrogens with zero attached hydrogens (tertiary/aromatic N) is 6. The Hall–Kier alpha value is -4.88. The molecule has 0 saturated carbocycles. The summed E-state index contributed by atoms with van der Waals surface area (Å²) in [6.07, 6.45) is -1.53. The number of Topliss-reactive ketones (excluding diaryl/α,β-unsaturated/α-hetero) is 1. The quantitative estimate of drug-likeness (QED) is 0.0695. The van der Waals surface area contributed by atoms with E-state index in [2.05, 4.69) is 22.3 Å². The number of amides is 2. The van der Waals surface area contributed by atoms with Crippen LogP contribution in [-0.2, 0) is 46.4 Å². The van der Waals surface area contributed by atoms with E-state index in [-0.39, 0.29) is 55.1 Å². The number of oxazole rings is 1. The molecule has 1 aliphatic carbocycles. The van der Waals surface area contributed by atoms with Gasteiger partial charge in [0.2, 0.25) is 0 Å². The number of rotatable bonds is 11. The fourth-order valence-corrected chi connectivity index (χ4v) is 16.8. The number of pyridine rings is 1. The number of carbonyl (C=O) groups excluding carboxylic acids is 4. The summed E-state index contributed by atoms with van der Waals surface area (Å²) in [5, 5.41) is 2.01. The number of hydrogen-bond acceptors (Lipinski definition) is 12. The van der Waals surface area contributed by atoms with Gasteiger partial charge >= 0.3 is 341 Å². The van der Waals surface area contributed by atoms with E-state index in [0.29, 0.717) is 77.2 Å². The number of methoxy groups -OCH3 is 1. The molecular weight excluding hydrogens is 1050 g/mol. The summed E-state index contributed by atoms with van der Waals surface area (Å²) in [5.74, 6) is 2.71. The van der Waals surface area contributed by atoms with Crippen molar-refractivity contribution in [1.82, 2.24) is 34.8 Å². The second kappa shape index (κ2) is 20.1. The summed E-state index contributed by atoms with van der Waals surface area (Å²) < 4.78 is 71.4. The molecule has 2 amide bonds. The number of aromatic nitrogens is 3. The van der Waals surface area contributed by atoms with Crippen molar-refractivity contribution < 1.29 is 51.0 Å². The molecule has 1 N–H and O–H groups in total. The van der Waals surface area contributed by atoms with Gasteiger partial charge in [-0.05, 0) is 40.1 Å². The van der Waals surface area contributed by atoms with Crippen LogP contribution >= 0.6 is 19.8 Å². The molecule has 3 unspecified atom stereocenters. The molecule has 5 aliphatic rings. The third-order valence-corrected chi connectivity index (χ3v) is 20.9. The number of benzene rings is 1. The molecule has 3 aromatic heterocycles. The summed E-state index contributed by atoms with van der Waals surface area (Å²) >= 11 is -2.01. The number of likely N-dealkylation sites (tertiary alicyclic amines) is 1. The molecule has 3 saturated heterocycles. The Morgan fingerprint density at radius 3 is 2.54 bits per heavy atom. The van der Waals surface area contributed by atoms with Crippen molar-refractivity contribution in [1.29, 1.82) is 0 Å². The fraction of sp³-hybridized carbons (Fsp3) is 0.585. The Morgan fingerprint density at radius 2 is 1.86 bits per heavy atom. The average Bonchev–Trinajstić information content (AvgIpc) is 3.97. The zero-order valence-corrected chi connectivity index (χ0v) is 44.6. The molecule has 15 nitrogen and oxygen atoms in total. The van der Waals surface area contributed by atoms with Crippen LogP contribution in [0.4, 0.5) is 13.2 Å². The molecule has 7 heterocycles. The van der Waals surface area contributed by atoms with Gasteiger partial charge in [0, 0.05) is 13.3 Å². The molecule has 6 bridgehead atoms. The van der Waals surface area contributed by atoms with Crippen molar-refractivity contribution in [2.45, 2.75) is 107 Å². The van der Waals surface area contributed by atoms with Crippen molar-refractivity contribution >= 4 is 54.3 Å². The summed E-state index contributed by atoms with van der Waals surface area (Å²) in [6, 6.07) is 7.69. The van der Waals surface area contributed by atoms with Crippen LogP contribution in [0.15, 0.2) is 47.2 Å². The monoisotopic (exact) mass is 1110 g/mol. The number of esters is 1. The predicted octanol–water partition coefficient (Wildman–Crippen LogP) is 7.24. The van der Waals surface area contributed by atoms with E-state index in [4.69, 9.17) is 23.6 Å². The van der Waals surface area contributed by atoms with Gasteiger partial charge in [-0.3, -0.25) is 9.88 Å². The van der Waals surface area contributed by atoms with Crippen LogP contribution in [-0.4, -0.2) is 144 Å². The Balaban J connectivity index is 1.07. The first-order valence-electron chi connectivity index (χ1n) is 24.7. The van der Waals surface area contributed by atoms with Crippen LogP contribution in [0, 0.1) is 35.0 Å². The fourth-order valence-electron chi connectivity index (χ4n) is 10.5. The van der Waals surface area contributed by atoms with Gasteiger partial charge < -0.3 is 4.74 Å². The van der Waals surface area contributed by atoms with E-state index >= 15 is 9.59 Å². The molecule has 72 heavy (non-hydrogen) atoms. The minimum atomic E-state index is -4.58. The standard InChI is InChI=1S/C53H65F3IN7O8/c1-30(2)37(27-70-33-24-62(25-33)40(65)16-17-52(5,6)61(7)8)46(66)43(57-18-19-57)36-23-32-26-71-48(59-32)31-14-15-39-35(22-31)41-42(51(3,4)29-72-50(68)38-13-11-21-64(60-38)49(36)67)47(69-9)44-34(12-10-20-58-44)45(41)63(39)28-53(54,55)56/h10,12,14-15,20,22,26,30,33,36-38,42-43,47,60H,11,13,18-19,21,23-25,27-29H2,1-9H3/t36?,37-,38-,42?,43?,47-/m0/s1. The summed E-state index contributed by atoms with van der Waals surface area (Å²) in [4.78, 5) is 70.7. The number of nitrogens with one attached hydrogen (secondary N) is 1. The van der Waals surface area contributed by atoms with Crippen molar-refractivity contribution in [2.24, 2.45) is 23.2 Å². The zero-order valence-electron chi connectivity index (χ0n) is 42.4. The molecule has 6 atom stereocenters. The first-order chi connectivity index (χ1) is 34.1. The zero-order chi connectivity index (χ0) is 51.6. The molecular formula is C53H65F3IN7O8. The molecule has 0 spiro atoms.